The third kappa shape index (κ3) is 2.86. The average Bonchev–Trinajstić information content (AvgIpc) is 2.86. The molecular formula is C13H12Cl2N2O. The van der Waals surface area contributed by atoms with Crippen LogP contribution in [-0.2, 0) is 6.54 Å². The summed E-state index contributed by atoms with van der Waals surface area (Å²) >= 11 is 11.8. The highest BCUT2D eigenvalue weighted by Gasteiger charge is 2.12. The zero-order valence-corrected chi connectivity index (χ0v) is 11.3. The number of nitrogens with one attached hydrogen (secondary N) is 1. The van der Waals surface area contributed by atoms with E-state index >= 15 is 0 Å². The van der Waals surface area contributed by atoms with Crippen LogP contribution in [0.4, 0.5) is 0 Å². The first-order valence-electron chi connectivity index (χ1n) is 5.40. The van der Waals surface area contributed by atoms with Crippen LogP contribution in [0.2, 0.25) is 10.0 Å². The summed E-state index contributed by atoms with van der Waals surface area (Å²) in [6.45, 7) is 0.487. The molecule has 0 saturated heterocycles. The number of amides is 1. The van der Waals surface area contributed by atoms with Crippen LogP contribution in [0, 0.1) is 0 Å². The minimum absolute atomic E-state index is 0.0395. The maximum absolute atomic E-state index is 12.0. The molecule has 0 aliphatic carbocycles. The van der Waals surface area contributed by atoms with Gasteiger partial charge in [0.1, 0.15) is 0 Å². The summed E-state index contributed by atoms with van der Waals surface area (Å²) in [5.74, 6) is -0.0395. The number of benzene rings is 1. The number of carbonyl (C=O) groups is 1. The second-order valence-electron chi connectivity index (χ2n) is 4.01. The number of aromatic nitrogens is 1. The Morgan fingerprint density at radius 1 is 1.28 bits per heavy atom. The Balaban J connectivity index is 2.09. The third-order valence-electron chi connectivity index (χ3n) is 2.60. The first kappa shape index (κ1) is 13.0. The Morgan fingerprint density at radius 2 is 2.06 bits per heavy atom. The predicted molar refractivity (Wildman–Crippen MR) is 73.1 cm³/mol. The van der Waals surface area contributed by atoms with Crippen molar-refractivity contribution in [1.82, 2.24) is 9.88 Å². The van der Waals surface area contributed by atoms with E-state index in [1.165, 1.54) is 0 Å². The van der Waals surface area contributed by atoms with Gasteiger partial charge in [-0.3, -0.25) is 4.79 Å². The van der Waals surface area contributed by atoms with Crippen molar-refractivity contribution < 1.29 is 4.79 Å². The molecule has 0 atom stereocenters. The van der Waals surface area contributed by atoms with E-state index in [1.807, 2.05) is 6.07 Å². The SMILES string of the molecule is CN(Cc1ccc(Cl)c(Cl)c1)C(=O)c1cc[nH]c1. The Morgan fingerprint density at radius 3 is 2.67 bits per heavy atom. The van der Waals surface area contributed by atoms with Gasteiger partial charge in [0.05, 0.1) is 15.6 Å². The number of rotatable bonds is 3. The summed E-state index contributed by atoms with van der Waals surface area (Å²) in [6.07, 6.45) is 3.40. The number of hydrogen-bond donors (Lipinski definition) is 1. The number of H-pyrrole nitrogens is 1. The highest BCUT2D eigenvalue weighted by atomic mass is 35.5. The van der Waals surface area contributed by atoms with Crippen LogP contribution >= 0.6 is 23.2 Å². The first-order chi connectivity index (χ1) is 8.58. The van der Waals surface area contributed by atoms with Gasteiger partial charge in [-0.2, -0.15) is 0 Å². The minimum Gasteiger partial charge on any atom is -0.367 e. The Bertz CT molecular complexity index is 552. The zero-order chi connectivity index (χ0) is 13.1. The molecule has 1 aromatic heterocycles. The van der Waals surface area contributed by atoms with Crippen LogP contribution in [0.5, 0.6) is 0 Å². The molecule has 3 nitrogen and oxygen atoms in total. The molecule has 1 amide bonds. The van der Waals surface area contributed by atoms with Crippen molar-refractivity contribution in [3.63, 3.8) is 0 Å². The van der Waals surface area contributed by atoms with Crippen molar-refractivity contribution in [2.24, 2.45) is 0 Å². The maximum atomic E-state index is 12.0. The molecule has 1 N–H and O–H groups in total. The van der Waals surface area contributed by atoms with Gasteiger partial charge in [-0.15, -0.1) is 0 Å². The monoisotopic (exact) mass is 282 g/mol. The van der Waals surface area contributed by atoms with E-state index in [0.717, 1.165) is 5.56 Å². The molecule has 0 unspecified atom stereocenters. The van der Waals surface area contributed by atoms with Crippen LogP contribution in [-0.4, -0.2) is 22.8 Å². The number of nitrogens with zero attached hydrogens (tertiary/aromatic N) is 1. The number of carbonyl (C=O) groups excluding carboxylic acids is 1. The van der Waals surface area contributed by atoms with Crippen molar-refractivity contribution in [3.05, 3.63) is 57.8 Å². The number of halogens is 2. The van der Waals surface area contributed by atoms with E-state index in [0.29, 0.717) is 22.2 Å². The van der Waals surface area contributed by atoms with E-state index in [4.69, 9.17) is 23.2 Å². The molecule has 0 aliphatic rings. The van der Waals surface area contributed by atoms with Gasteiger partial charge in [-0.05, 0) is 23.8 Å². The molecule has 1 heterocycles. The topological polar surface area (TPSA) is 36.1 Å². The molecule has 5 heteroatoms. The van der Waals surface area contributed by atoms with Crippen molar-refractivity contribution in [1.29, 1.82) is 0 Å². The number of hydrogen-bond acceptors (Lipinski definition) is 1. The fraction of sp³-hybridized carbons (Fsp3) is 0.154. The van der Waals surface area contributed by atoms with Gasteiger partial charge in [0, 0.05) is 26.0 Å². The van der Waals surface area contributed by atoms with Crippen molar-refractivity contribution in [3.8, 4) is 0 Å². The summed E-state index contributed by atoms with van der Waals surface area (Å²) in [5.41, 5.74) is 1.58. The van der Waals surface area contributed by atoms with Crippen molar-refractivity contribution >= 4 is 29.1 Å². The largest absolute Gasteiger partial charge is 0.367 e. The molecule has 0 aliphatic heterocycles. The fourth-order valence-corrected chi connectivity index (χ4v) is 1.98. The van der Waals surface area contributed by atoms with Gasteiger partial charge >= 0.3 is 0 Å². The Hall–Kier alpha value is -1.45. The lowest BCUT2D eigenvalue weighted by Gasteiger charge is -2.16. The van der Waals surface area contributed by atoms with Crippen LogP contribution in [0.25, 0.3) is 0 Å². The molecule has 2 aromatic rings. The lowest BCUT2D eigenvalue weighted by Crippen LogP contribution is -2.25. The molecule has 0 bridgehead atoms. The molecule has 2 rings (SSSR count). The van der Waals surface area contributed by atoms with Crippen LogP contribution in [0.15, 0.2) is 36.7 Å². The normalized spacial score (nSPS) is 10.4. The van der Waals surface area contributed by atoms with Gasteiger partial charge in [0.15, 0.2) is 0 Å². The second-order valence-corrected chi connectivity index (χ2v) is 4.82. The first-order valence-corrected chi connectivity index (χ1v) is 6.15. The summed E-state index contributed by atoms with van der Waals surface area (Å²) in [4.78, 5) is 16.5. The minimum atomic E-state index is -0.0395. The summed E-state index contributed by atoms with van der Waals surface area (Å²) in [7, 11) is 1.75. The Labute approximate surface area is 115 Å². The highest BCUT2D eigenvalue weighted by Crippen LogP contribution is 2.23. The maximum Gasteiger partial charge on any atom is 0.255 e. The second kappa shape index (κ2) is 5.46. The Kier molecular flexibility index (Phi) is 3.94. The lowest BCUT2D eigenvalue weighted by molar-refractivity contribution is 0.0785. The van der Waals surface area contributed by atoms with E-state index in [9.17, 15) is 4.79 Å². The third-order valence-corrected chi connectivity index (χ3v) is 3.33. The molecule has 94 valence electrons. The molecule has 1 aromatic carbocycles. The van der Waals surface area contributed by atoms with Crippen LogP contribution in [0.1, 0.15) is 15.9 Å². The molecule has 0 spiro atoms. The van der Waals surface area contributed by atoms with Gasteiger partial charge in [0.2, 0.25) is 0 Å². The van der Waals surface area contributed by atoms with Crippen LogP contribution in [0.3, 0.4) is 0 Å². The lowest BCUT2D eigenvalue weighted by atomic mass is 10.2. The highest BCUT2D eigenvalue weighted by molar-refractivity contribution is 6.42. The average molecular weight is 283 g/mol. The summed E-state index contributed by atoms with van der Waals surface area (Å²) < 4.78 is 0. The standard InChI is InChI=1S/C13H12Cl2N2O/c1-17(13(18)10-4-5-16-7-10)8-9-2-3-11(14)12(15)6-9/h2-7,16H,8H2,1H3. The number of aromatic amines is 1. The molecule has 0 fully saturated rings. The molecule has 18 heavy (non-hydrogen) atoms. The predicted octanol–water partition coefficient (Wildman–Crippen LogP) is 3.59. The summed E-state index contributed by atoms with van der Waals surface area (Å²) in [6, 6.07) is 7.10. The van der Waals surface area contributed by atoms with Gasteiger partial charge in [0.25, 0.3) is 5.91 Å². The van der Waals surface area contributed by atoms with Crippen molar-refractivity contribution in [2.75, 3.05) is 7.05 Å². The van der Waals surface area contributed by atoms with Gasteiger partial charge in [-0.1, -0.05) is 29.3 Å². The molecule has 0 radical (unpaired) electrons. The van der Waals surface area contributed by atoms with E-state index in [2.05, 4.69) is 4.98 Å². The van der Waals surface area contributed by atoms with Gasteiger partial charge < -0.3 is 9.88 Å². The van der Waals surface area contributed by atoms with Crippen molar-refractivity contribution in [2.45, 2.75) is 6.54 Å². The zero-order valence-electron chi connectivity index (χ0n) is 9.78. The smallest absolute Gasteiger partial charge is 0.255 e. The quantitative estimate of drug-likeness (QED) is 0.918. The van der Waals surface area contributed by atoms with E-state index in [1.54, 1.807) is 42.5 Å². The molecular weight excluding hydrogens is 271 g/mol. The van der Waals surface area contributed by atoms with Gasteiger partial charge in [-0.25, -0.2) is 0 Å². The molecule has 0 saturated carbocycles. The van der Waals surface area contributed by atoms with Crippen LogP contribution < -0.4 is 0 Å². The summed E-state index contributed by atoms with van der Waals surface area (Å²) in [5, 5.41) is 1.01. The van der Waals surface area contributed by atoms with E-state index < -0.39 is 0 Å². The fourth-order valence-electron chi connectivity index (χ4n) is 1.66. The van der Waals surface area contributed by atoms with E-state index in [-0.39, 0.29) is 5.91 Å².